The zero-order valence-corrected chi connectivity index (χ0v) is 14.9. The number of hydrogen-bond donors (Lipinski definition) is 1. The van der Waals surface area contributed by atoms with E-state index in [-0.39, 0.29) is 5.91 Å². The first-order chi connectivity index (χ1) is 12.8. The molecule has 6 nitrogen and oxygen atoms in total. The van der Waals surface area contributed by atoms with E-state index in [0.717, 1.165) is 49.1 Å². The monoisotopic (exact) mass is 366 g/mol. The molecule has 0 aliphatic carbocycles. The van der Waals surface area contributed by atoms with Gasteiger partial charge in [-0.15, -0.1) is 21.5 Å². The Balaban J connectivity index is 1.50. The molecule has 1 aliphatic heterocycles. The number of anilines is 2. The van der Waals surface area contributed by atoms with Crippen LogP contribution in [0.15, 0.2) is 53.9 Å². The van der Waals surface area contributed by atoms with Gasteiger partial charge in [0.15, 0.2) is 5.82 Å². The summed E-state index contributed by atoms with van der Waals surface area (Å²) in [6, 6.07) is 15.2. The Hall–Kier alpha value is -2.77. The van der Waals surface area contributed by atoms with Gasteiger partial charge in [-0.05, 0) is 35.7 Å². The molecule has 0 atom stereocenters. The normalized spacial score (nSPS) is 14.2. The first-order valence-electron chi connectivity index (χ1n) is 8.41. The van der Waals surface area contributed by atoms with E-state index in [0.29, 0.717) is 4.88 Å². The number of amides is 1. The molecule has 3 aromatic rings. The quantitative estimate of drug-likeness (QED) is 0.767. The fourth-order valence-corrected chi connectivity index (χ4v) is 3.42. The molecule has 1 aromatic carbocycles. The van der Waals surface area contributed by atoms with Crippen molar-refractivity contribution in [3.05, 3.63) is 58.8 Å². The smallest absolute Gasteiger partial charge is 0.265 e. The summed E-state index contributed by atoms with van der Waals surface area (Å²) in [6.45, 7) is 3.10. The minimum Gasteiger partial charge on any atom is -0.378 e. The fourth-order valence-electron chi connectivity index (χ4n) is 2.80. The molecule has 132 valence electrons. The van der Waals surface area contributed by atoms with Crippen LogP contribution in [-0.2, 0) is 4.74 Å². The van der Waals surface area contributed by atoms with Gasteiger partial charge in [-0.2, -0.15) is 0 Å². The first-order valence-corrected chi connectivity index (χ1v) is 9.29. The number of nitrogens with zero attached hydrogens (tertiary/aromatic N) is 3. The maximum atomic E-state index is 12.2. The lowest BCUT2D eigenvalue weighted by Crippen LogP contribution is -2.36. The van der Waals surface area contributed by atoms with E-state index in [4.69, 9.17) is 4.74 Å². The van der Waals surface area contributed by atoms with Crippen molar-refractivity contribution in [1.82, 2.24) is 10.2 Å². The Labute approximate surface area is 155 Å². The Kier molecular flexibility index (Phi) is 4.90. The van der Waals surface area contributed by atoms with Gasteiger partial charge < -0.3 is 15.0 Å². The minimum atomic E-state index is -0.106. The predicted octanol–water partition coefficient (Wildman–Crippen LogP) is 3.29. The summed E-state index contributed by atoms with van der Waals surface area (Å²) < 4.78 is 5.36. The SMILES string of the molecule is O=C(Nc1cccc(-c2ccc(N3CCOCC3)nn2)c1)c1cccs1. The molecule has 0 saturated carbocycles. The van der Waals surface area contributed by atoms with Crippen LogP contribution in [0.2, 0.25) is 0 Å². The summed E-state index contributed by atoms with van der Waals surface area (Å²) in [7, 11) is 0. The molecular formula is C19H18N4O2S. The van der Waals surface area contributed by atoms with E-state index in [9.17, 15) is 4.79 Å². The van der Waals surface area contributed by atoms with Crippen molar-refractivity contribution in [3.63, 3.8) is 0 Å². The predicted molar refractivity (Wildman–Crippen MR) is 103 cm³/mol. The second kappa shape index (κ2) is 7.63. The molecule has 26 heavy (non-hydrogen) atoms. The third kappa shape index (κ3) is 3.74. The zero-order valence-electron chi connectivity index (χ0n) is 14.1. The van der Waals surface area contributed by atoms with E-state index in [1.165, 1.54) is 11.3 Å². The van der Waals surface area contributed by atoms with Crippen LogP contribution in [0.25, 0.3) is 11.3 Å². The van der Waals surface area contributed by atoms with E-state index < -0.39 is 0 Å². The number of benzene rings is 1. The summed E-state index contributed by atoms with van der Waals surface area (Å²) in [5.41, 5.74) is 2.42. The van der Waals surface area contributed by atoms with Crippen molar-refractivity contribution in [3.8, 4) is 11.3 Å². The molecule has 1 N–H and O–H groups in total. The summed E-state index contributed by atoms with van der Waals surface area (Å²) in [5.74, 6) is 0.755. The van der Waals surface area contributed by atoms with E-state index >= 15 is 0 Å². The number of carbonyl (C=O) groups is 1. The van der Waals surface area contributed by atoms with Crippen LogP contribution in [0.1, 0.15) is 9.67 Å². The van der Waals surface area contributed by atoms with Crippen molar-refractivity contribution >= 4 is 28.7 Å². The highest BCUT2D eigenvalue weighted by molar-refractivity contribution is 7.12. The van der Waals surface area contributed by atoms with Gasteiger partial charge in [0, 0.05) is 24.3 Å². The van der Waals surface area contributed by atoms with Gasteiger partial charge in [0.25, 0.3) is 5.91 Å². The molecule has 7 heteroatoms. The summed E-state index contributed by atoms with van der Waals surface area (Å²) in [5, 5.41) is 13.5. The van der Waals surface area contributed by atoms with Crippen LogP contribution in [0.5, 0.6) is 0 Å². The first kappa shape index (κ1) is 16.7. The van der Waals surface area contributed by atoms with Gasteiger partial charge in [0.2, 0.25) is 0 Å². The van der Waals surface area contributed by atoms with Crippen molar-refractivity contribution in [2.45, 2.75) is 0 Å². The number of thiophene rings is 1. The van der Waals surface area contributed by atoms with Crippen LogP contribution in [-0.4, -0.2) is 42.4 Å². The highest BCUT2D eigenvalue weighted by Crippen LogP contribution is 2.23. The third-order valence-electron chi connectivity index (χ3n) is 4.15. The largest absolute Gasteiger partial charge is 0.378 e. The molecule has 1 amide bonds. The van der Waals surface area contributed by atoms with Crippen molar-refractivity contribution in [2.75, 3.05) is 36.5 Å². The number of hydrogen-bond acceptors (Lipinski definition) is 6. The molecule has 0 radical (unpaired) electrons. The van der Waals surface area contributed by atoms with Crippen LogP contribution < -0.4 is 10.2 Å². The van der Waals surface area contributed by atoms with Crippen LogP contribution in [0.3, 0.4) is 0 Å². The van der Waals surface area contributed by atoms with Gasteiger partial charge in [0.05, 0.1) is 23.8 Å². The molecule has 0 unspecified atom stereocenters. The highest BCUT2D eigenvalue weighted by Gasteiger charge is 2.13. The Morgan fingerprint density at radius 1 is 1.08 bits per heavy atom. The molecule has 4 rings (SSSR count). The van der Waals surface area contributed by atoms with Crippen LogP contribution in [0, 0.1) is 0 Å². The van der Waals surface area contributed by atoms with Crippen LogP contribution in [0.4, 0.5) is 11.5 Å². The minimum absolute atomic E-state index is 0.106. The average Bonchev–Trinajstić information content (AvgIpc) is 3.24. The van der Waals surface area contributed by atoms with Gasteiger partial charge in [-0.25, -0.2) is 0 Å². The lowest BCUT2D eigenvalue weighted by Gasteiger charge is -2.27. The van der Waals surface area contributed by atoms with Crippen molar-refractivity contribution < 1.29 is 9.53 Å². The van der Waals surface area contributed by atoms with Crippen molar-refractivity contribution in [2.24, 2.45) is 0 Å². The van der Waals surface area contributed by atoms with Crippen molar-refractivity contribution in [1.29, 1.82) is 0 Å². The van der Waals surface area contributed by atoms with E-state index in [2.05, 4.69) is 20.4 Å². The van der Waals surface area contributed by atoms with E-state index in [1.807, 2.05) is 47.8 Å². The highest BCUT2D eigenvalue weighted by atomic mass is 32.1. The fraction of sp³-hybridized carbons (Fsp3) is 0.211. The maximum Gasteiger partial charge on any atom is 0.265 e. The zero-order chi connectivity index (χ0) is 17.8. The molecule has 1 saturated heterocycles. The Morgan fingerprint density at radius 2 is 1.96 bits per heavy atom. The third-order valence-corrected chi connectivity index (χ3v) is 5.02. The molecule has 0 spiro atoms. The molecule has 2 aromatic heterocycles. The lowest BCUT2D eigenvalue weighted by atomic mass is 10.1. The second-order valence-corrected chi connectivity index (χ2v) is 6.84. The molecule has 3 heterocycles. The second-order valence-electron chi connectivity index (χ2n) is 5.89. The number of aromatic nitrogens is 2. The molecule has 1 aliphatic rings. The van der Waals surface area contributed by atoms with Gasteiger partial charge >= 0.3 is 0 Å². The number of ether oxygens (including phenoxy) is 1. The van der Waals surface area contributed by atoms with Gasteiger partial charge in [0.1, 0.15) is 0 Å². The molecule has 0 bridgehead atoms. The number of nitrogens with one attached hydrogen (secondary N) is 1. The van der Waals surface area contributed by atoms with Crippen LogP contribution >= 0.6 is 11.3 Å². The maximum absolute atomic E-state index is 12.2. The topological polar surface area (TPSA) is 67.4 Å². The molecular weight excluding hydrogens is 348 g/mol. The average molecular weight is 366 g/mol. The number of morpholine rings is 1. The summed E-state index contributed by atoms with van der Waals surface area (Å²) in [4.78, 5) is 15.0. The lowest BCUT2D eigenvalue weighted by molar-refractivity contribution is 0.103. The van der Waals surface area contributed by atoms with Gasteiger partial charge in [-0.3, -0.25) is 4.79 Å². The van der Waals surface area contributed by atoms with E-state index in [1.54, 1.807) is 6.07 Å². The standard InChI is InChI=1S/C19H18N4O2S/c24-19(17-5-2-12-26-17)20-15-4-1-3-14(13-15)16-6-7-18(22-21-16)23-8-10-25-11-9-23/h1-7,12-13H,8-11H2,(H,20,24). The number of rotatable bonds is 4. The Bertz CT molecular complexity index is 875. The summed E-state index contributed by atoms with van der Waals surface area (Å²) >= 11 is 1.42. The van der Waals surface area contributed by atoms with Gasteiger partial charge in [-0.1, -0.05) is 18.2 Å². The Morgan fingerprint density at radius 3 is 2.69 bits per heavy atom. The summed E-state index contributed by atoms with van der Waals surface area (Å²) in [6.07, 6.45) is 0. The molecule has 1 fully saturated rings. The number of carbonyl (C=O) groups excluding carboxylic acids is 1.